The van der Waals surface area contributed by atoms with Gasteiger partial charge in [0.15, 0.2) is 0 Å². The Morgan fingerprint density at radius 1 is 0.891 bits per heavy atom. The number of nitrogens with two attached hydrogens (primary N) is 1. The normalized spacial score (nSPS) is 25.7. The van der Waals surface area contributed by atoms with Crippen molar-refractivity contribution in [1.82, 2.24) is 29.5 Å². The molecule has 5 N–H and O–H groups in total. The van der Waals surface area contributed by atoms with Gasteiger partial charge in [-0.15, -0.1) is 0 Å². The van der Waals surface area contributed by atoms with Crippen molar-refractivity contribution in [3.63, 3.8) is 0 Å². The van der Waals surface area contributed by atoms with Crippen LogP contribution in [0.5, 0.6) is 0 Å². The predicted molar refractivity (Wildman–Crippen MR) is 171 cm³/mol. The molecule has 0 bridgehead atoms. The molecule has 14 nitrogen and oxygen atoms in total. The van der Waals surface area contributed by atoms with Crippen LogP contribution in [0.1, 0.15) is 78.6 Å². The van der Waals surface area contributed by atoms with E-state index in [1.807, 2.05) is 20.8 Å². The van der Waals surface area contributed by atoms with Crippen LogP contribution in [0.15, 0.2) is 0 Å². The van der Waals surface area contributed by atoms with E-state index in [0.29, 0.717) is 19.4 Å². The fourth-order valence-corrected chi connectivity index (χ4v) is 8.15. The van der Waals surface area contributed by atoms with Crippen LogP contribution >= 0.6 is 0 Å². The number of rotatable bonds is 13. The van der Waals surface area contributed by atoms with Crippen LogP contribution in [-0.4, -0.2) is 110 Å². The van der Waals surface area contributed by atoms with Crippen molar-refractivity contribution in [1.29, 1.82) is 0 Å². The number of hydrogen-bond acceptors (Lipinski definition) is 7. The van der Waals surface area contributed by atoms with Crippen LogP contribution < -0.4 is 21.7 Å². The minimum Gasteiger partial charge on any atom is -0.363 e. The first kappa shape index (κ1) is 36.1. The molecule has 1 saturated heterocycles. The minimum absolute atomic E-state index is 0.0611. The van der Waals surface area contributed by atoms with Crippen molar-refractivity contribution in [2.45, 2.75) is 103 Å². The van der Waals surface area contributed by atoms with E-state index < -0.39 is 69.3 Å². The summed E-state index contributed by atoms with van der Waals surface area (Å²) in [4.78, 5) is 67.3. The molecule has 260 valence electrons. The Bertz CT molecular complexity index is 1290. The Morgan fingerprint density at radius 3 is 2.02 bits per heavy atom. The number of fused-ring (bicyclic) bond motifs is 1. The van der Waals surface area contributed by atoms with E-state index in [4.69, 9.17) is 5.73 Å². The molecule has 0 spiro atoms. The third-order valence-corrected chi connectivity index (χ3v) is 12.2. The summed E-state index contributed by atoms with van der Waals surface area (Å²) < 4.78 is 27.9. The van der Waals surface area contributed by atoms with Crippen LogP contribution in [-0.2, 0) is 29.4 Å². The van der Waals surface area contributed by atoms with Gasteiger partial charge in [0.2, 0.25) is 17.6 Å². The number of urea groups is 1. The molecule has 4 fully saturated rings. The number of amides is 5. The van der Waals surface area contributed by atoms with Gasteiger partial charge < -0.3 is 26.6 Å². The molecule has 0 radical (unpaired) electrons. The maximum atomic E-state index is 14.2. The van der Waals surface area contributed by atoms with Crippen LogP contribution in [0.3, 0.4) is 0 Å². The zero-order valence-corrected chi connectivity index (χ0v) is 28.9. The Hall–Kier alpha value is -2.78. The lowest BCUT2D eigenvalue weighted by Gasteiger charge is -2.38. The van der Waals surface area contributed by atoms with Crippen LogP contribution in [0.2, 0.25) is 0 Å². The molecule has 1 unspecified atom stereocenters. The average molecular weight is 668 g/mol. The number of carbonyl (C=O) groups excluding carboxylic acids is 5. The first-order valence-corrected chi connectivity index (χ1v) is 18.0. The van der Waals surface area contributed by atoms with Crippen molar-refractivity contribution >= 4 is 39.7 Å². The summed E-state index contributed by atoms with van der Waals surface area (Å²) in [7, 11) is 0.700. The number of ketones is 1. The largest absolute Gasteiger partial charge is 0.363 e. The smallest absolute Gasteiger partial charge is 0.315 e. The van der Waals surface area contributed by atoms with Crippen LogP contribution in [0, 0.1) is 29.1 Å². The second-order valence-electron chi connectivity index (χ2n) is 15.0. The highest BCUT2D eigenvalue weighted by atomic mass is 32.2. The second kappa shape index (κ2) is 14.1. The first-order chi connectivity index (χ1) is 21.4. The van der Waals surface area contributed by atoms with Gasteiger partial charge in [-0.25, -0.2) is 4.79 Å². The summed E-state index contributed by atoms with van der Waals surface area (Å²) in [5.41, 5.74) is 4.55. The van der Waals surface area contributed by atoms with E-state index in [-0.39, 0.29) is 30.2 Å². The zero-order valence-electron chi connectivity index (χ0n) is 28.1. The number of piperidine rings is 1. The molecule has 15 heteroatoms. The van der Waals surface area contributed by atoms with Gasteiger partial charge in [0.25, 0.3) is 16.1 Å². The first-order valence-electron chi connectivity index (χ1n) is 16.6. The Balaban J connectivity index is 1.49. The molecule has 1 heterocycles. The molecule has 4 rings (SSSR count). The van der Waals surface area contributed by atoms with Gasteiger partial charge in [0, 0.05) is 40.3 Å². The van der Waals surface area contributed by atoms with Gasteiger partial charge >= 0.3 is 6.03 Å². The zero-order chi connectivity index (χ0) is 34.1. The van der Waals surface area contributed by atoms with Gasteiger partial charge in [0.05, 0.1) is 0 Å². The van der Waals surface area contributed by atoms with Crippen LogP contribution in [0.25, 0.3) is 0 Å². The van der Waals surface area contributed by atoms with E-state index in [2.05, 4.69) is 16.0 Å². The number of primary amides is 1. The van der Waals surface area contributed by atoms with Gasteiger partial charge in [-0.3, -0.25) is 19.2 Å². The lowest BCUT2D eigenvalue weighted by molar-refractivity contribution is -0.145. The number of carbonyl (C=O) groups is 5. The van der Waals surface area contributed by atoms with E-state index in [1.54, 1.807) is 0 Å². The van der Waals surface area contributed by atoms with Crippen molar-refractivity contribution in [2.24, 2.45) is 34.8 Å². The van der Waals surface area contributed by atoms with Gasteiger partial charge in [-0.2, -0.15) is 17.0 Å². The second-order valence-corrected chi connectivity index (χ2v) is 17.2. The summed E-state index contributed by atoms with van der Waals surface area (Å²) in [5, 5.41) is 8.63. The Morgan fingerprint density at radius 2 is 1.50 bits per heavy atom. The van der Waals surface area contributed by atoms with E-state index in [9.17, 15) is 32.4 Å². The molecule has 1 aliphatic heterocycles. The van der Waals surface area contributed by atoms with Crippen molar-refractivity contribution < 1.29 is 32.4 Å². The number of nitrogens with one attached hydrogen (secondary N) is 3. The average Bonchev–Trinajstić information content (AvgIpc) is 3.61. The van der Waals surface area contributed by atoms with Crippen molar-refractivity contribution in [3.8, 4) is 0 Å². The highest BCUT2D eigenvalue weighted by Crippen LogP contribution is 2.50. The highest BCUT2D eigenvalue weighted by molar-refractivity contribution is 7.86. The lowest BCUT2D eigenvalue weighted by atomic mass is 9.78. The molecule has 0 aromatic carbocycles. The predicted octanol–water partition coefficient (Wildman–Crippen LogP) is 0.574. The van der Waals surface area contributed by atoms with Crippen molar-refractivity contribution in [3.05, 3.63) is 0 Å². The van der Waals surface area contributed by atoms with Gasteiger partial charge in [-0.1, -0.05) is 46.5 Å². The van der Waals surface area contributed by atoms with E-state index in [1.165, 1.54) is 30.3 Å². The number of likely N-dealkylation sites (tertiary alicyclic amines) is 1. The van der Waals surface area contributed by atoms with E-state index in [0.717, 1.165) is 49.3 Å². The summed E-state index contributed by atoms with van der Waals surface area (Å²) in [6, 6.07) is -3.88. The SMILES string of the molecule is CN(C)S(=O)(=O)N(C)C[C@@H](NC(=O)N[C@H](C(=O)N1C[C@@H]2C[C@@H]2[C@H]1C(=O)NC(C(=O)C(N)=O)C1CCC1)C(C)(C)C)C1CCCCC1. The number of nitrogens with zero attached hydrogens (tertiary/aromatic N) is 3. The number of likely N-dealkylation sites (N-methyl/N-ethyl adjacent to an activating group) is 1. The fraction of sp³-hybridized carbons (Fsp3) is 0.839. The standard InChI is InChI=1S/C31H53N7O7S/c1-31(2,3)26(35-30(43)33-22(18-11-8-7-9-12-18)17-37(6)46(44,45)36(4)5)29(42)38-16-20-15-21(20)24(38)28(41)34-23(19-13-10-14-19)25(39)27(32)40/h18-24,26H,7-17H2,1-6H3,(H2,32,40)(H,34,41)(H2,33,35,43)/t20-,21-,22+,23?,24-,26+/m0/s1. The van der Waals surface area contributed by atoms with Gasteiger partial charge in [0.1, 0.15) is 18.1 Å². The molecular formula is C31H53N7O7S. The molecular weight excluding hydrogens is 614 g/mol. The Kier molecular flexibility index (Phi) is 11.1. The minimum atomic E-state index is -3.71. The quantitative estimate of drug-likeness (QED) is 0.206. The summed E-state index contributed by atoms with van der Waals surface area (Å²) in [6.07, 6.45) is 7.86. The molecule has 5 amide bonds. The summed E-state index contributed by atoms with van der Waals surface area (Å²) in [6.45, 7) is 5.92. The fourth-order valence-electron chi connectivity index (χ4n) is 7.25. The van der Waals surface area contributed by atoms with Gasteiger partial charge in [-0.05, 0) is 61.2 Å². The lowest BCUT2D eigenvalue weighted by Crippen LogP contribution is -2.62. The molecule has 0 aromatic rings. The summed E-state index contributed by atoms with van der Waals surface area (Å²) >= 11 is 0. The number of Topliss-reactive ketones (excluding diaryl/α,β-unsaturated/α-hetero) is 1. The van der Waals surface area contributed by atoms with E-state index >= 15 is 0 Å². The molecule has 4 aliphatic rings. The molecule has 0 aromatic heterocycles. The third kappa shape index (κ3) is 8.01. The number of hydrogen-bond donors (Lipinski definition) is 4. The maximum absolute atomic E-state index is 14.2. The summed E-state index contributed by atoms with van der Waals surface area (Å²) in [5.74, 6) is -2.82. The molecule has 3 aliphatic carbocycles. The topological polar surface area (TPSA) is 191 Å². The molecule has 6 atom stereocenters. The third-order valence-electron chi connectivity index (χ3n) is 10.4. The monoisotopic (exact) mass is 667 g/mol. The molecule has 46 heavy (non-hydrogen) atoms. The van der Waals surface area contributed by atoms with Crippen molar-refractivity contribution in [2.75, 3.05) is 34.2 Å². The highest BCUT2D eigenvalue weighted by Gasteiger charge is 2.58. The maximum Gasteiger partial charge on any atom is 0.315 e. The molecule has 3 saturated carbocycles. The Labute approximate surface area is 273 Å². The van der Waals surface area contributed by atoms with Crippen LogP contribution in [0.4, 0.5) is 4.79 Å².